The normalized spacial score (nSPS) is 11.6. The van der Waals surface area contributed by atoms with Crippen LogP contribution in [0.3, 0.4) is 0 Å². The van der Waals surface area contributed by atoms with E-state index in [9.17, 15) is 8.42 Å². The number of nitrogens with zero attached hydrogens (tertiary/aromatic N) is 3. The Kier molecular flexibility index (Phi) is 3.65. The molecule has 1 aromatic carbocycles. The summed E-state index contributed by atoms with van der Waals surface area (Å²) in [6.07, 6.45) is 0. The molecule has 3 N–H and O–H groups in total. The van der Waals surface area contributed by atoms with Crippen molar-refractivity contribution >= 4 is 10.0 Å². The lowest BCUT2D eigenvalue weighted by Gasteiger charge is -2.05. The zero-order chi connectivity index (χ0) is 13.0. The van der Waals surface area contributed by atoms with Crippen molar-refractivity contribution in [3.05, 3.63) is 35.7 Å². The fraction of sp³-hybridized carbons (Fsp3) is 0.222. The van der Waals surface area contributed by atoms with Crippen LogP contribution in [0.15, 0.2) is 29.2 Å². The van der Waals surface area contributed by atoms with Crippen molar-refractivity contribution < 1.29 is 13.5 Å². The highest BCUT2D eigenvalue weighted by Crippen LogP contribution is 2.10. The summed E-state index contributed by atoms with van der Waals surface area (Å²) in [6.45, 7) is -0.169. The lowest BCUT2D eigenvalue weighted by atomic mass is 10.2. The number of rotatable bonds is 5. The van der Waals surface area contributed by atoms with Gasteiger partial charge in [0.1, 0.15) is 0 Å². The summed E-state index contributed by atoms with van der Waals surface area (Å²) >= 11 is 0. The number of aliphatic hydroxyl groups excluding tert-OH is 1. The van der Waals surface area contributed by atoms with E-state index in [1.807, 2.05) is 0 Å². The van der Waals surface area contributed by atoms with Crippen LogP contribution in [-0.4, -0.2) is 34.1 Å². The van der Waals surface area contributed by atoms with Gasteiger partial charge in [0, 0.05) is 0 Å². The van der Waals surface area contributed by atoms with E-state index in [1.165, 1.54) is 12.1 Å². The van der Waals surface area contributed by atoms with Gasteiger partial charge in [0.05, 0.1) is 18.0 Å². The first kappa shape index (κ1) is 12.6. The molecule has 0 saturated carbocycles. The number of aliphatic hydroxyl groups is 1. The van der Waals surface area contributed by atoms with Crippen LogP contribution in [0.5, 0.6) is 0 Å². The van der Waals surface area contributed by atoms with E-state index in [0.29, 0.717) is 5.56 Å². The van der Waals surface area contributed by atoms with Gasteiger partial charge in [-0.3, -0.25) is 0 Å². The van der Waals surface area contributed by atoms with Crippen molar-refractivity contribution in [2.75, 3.05) is 0 Å². The molecule has 0 amide bonds. The second-order valence-electron chi connectivity index (χ2n) is 3.45. The molecule has 0 saturated heterocycles. The number of sulfonamides is 1. The third-order valence-corrected chi connectivity index (χ3v) is 3.64. The quantitative estimate of drug-likeness (QED) is 0.651. The zero-order valence-electron chi connectivity index (χ0n) is 9.24. The Balaban J connectivity index is 2.09. The third kappa shape index (κ3) is 2.88. The SMILES string of the molecule is O=S(=O)(NCc1nn[nH]n1)c1ccc(CO)cc1. The highest BCUT2D eigenvalue weighted by Gasteiger charge is 2.14. The third-order valence-electron chi connectivity index (χ3n) is 2.23. The molecule has 9 heteroatoms. The smallest absolute Gasteiger partial charge is 0.240 e. The molecule has 0 aliphatic heterocycles. The lowest BCUT2D eigenvalue weighted by molar-refractivity contribution is 0.282. The summed E-state index contributed by atoms with van der Waals surface area (Å²) in [5.74, 6) is 0.255. The van der Waals surface area contributed by atoms with Crippen LogP contribution in [0.1, 0.15) is 11.4 Å². The van der Waals surface area contributed by atoms with E-state index in [1.54, 1.807) is 12.1 Å². The van der Waals surface area contributed by atoms with Gasteiger partial charge in [-0.1, -0.05) is 17.3 Å². The van der Waals surface area contributed by atoms with Crippen LogP contribution in [0.4, 0.5) is 0 Å². The highest BCUT2D eigenvalue weighted by atomic mass is 32.2. The van der Waals surface area contributed by atoms with Gasteiger partial charge in [0.15, 0.2) is 5.82 Å². The van der Waals surface area contributed by atoms with Crippen molar-refractivity contribution in [2.24, 2.45) is 0 Å². The topological polar surface area (TPSA) is 121 Å². The summed E-state index contributed by atoms with van der Waals surface area (Å²) in [4.78, 5) is 0.114. The first-order valence-corrected chi connectivity index (χ1v) is 6.52. The van der Waals surface area contributed by atoms with E-state index in [2.05, 4.69) is 25.3 Å². The second-order valence-corrected chi connectivity index (χ2v) is 5.22. The van der Waals surface area contributed by atoms with Gasteiger partial charge in [0.25, 0.3) is 0 Å². The van der Waals surface area contributed by atoms with Crippen LogP contribution in [0, 0.1) is 0 Å². The van der Waals surface area contributed by atoms with Gasteiger partial charge >= 0.3 is 0 Å². The molecule has 0 radical (unpaired) electrons. The minimum Gasteiger partial charge on any atom is -0.392 e. The molecular formula is C9H11N5O3S. The monoisotopic (exact) mass is 269 g/mol. The zero-order valence-corrected chi connectivity index (χ0v) is 10.1. The fourth-order valence-corrected chi connectivity index (χ4v) is 2.25. The Labute approximate surface area is 103 Å². The van der Waals surface area contributed by atoms with E-state index in [0.717, 1.165) is 0 Å². The maximum atomic E-state index is 11.9. The number of H-pyrrole nitrogens is 1. The van der Waals surface area contributed by atoms with Gasteiger partial charge in [0.2, 0.25) is 10.0 Å². The number of benzene rings is 1. The first-order chi connectivity index (χ1) is 8.62. The molecule has 0 fully saturated rings. The molecule has 8 nitrogen and oxygen atoms in total. The largest absolute Gasteiger partial charge is 0.392 e. The van der Waals surface area contributed by atoms with E-state index >= 15 is 0 Å². The van der Waals surface area contributed by atoms with Crippen LogP contribution in [0.2, 0.25) is 0 Å². The molecule has 0 bridgehead atoms. The molecule has 0 unspecified atom stereocenters. The summed E-state index contributed by atoms with van der Waals surface area (Å²) < 4.78 is 26.1. The highest BCUT2D eigenvalue weighted by molar-refractivity contribution is 7.89. The maximum absolute atomic E-state index is 11.9. The fourth-order valence-electron chi connectivity index (χ4n) is 1.27. The second kappa shape index (κ2) is 5.21. The maximum Gasteiger partial charge on any atom is 0.240 e. The lowest BCUT2D eigenvalue weighted by Crippen LogP contribution is -2.23. The van der Waals surface area contributed by atoms with Crippen molar-refractivity contribution in [1.82, 2.24) is 25.3 Å². The molecule has 18 heavy (non-hydrogen) atoms. The summed E-state index contributed by atoms with van der Waals surface area (Å²) in [7, 11) is -3.61. The minimum atomic E-state index is -3.61. The predicted octanol–water partition coefficient (Wildman–Crippen LogP) is -0.830. The van der Waals surface area contributed by atoms with E-state index in [-0.39, 0.29) is 23.9 Å². The van der Waals surface area contributed by atoms with Crippen LogP contribution in [0.25, 0.3) is 0 Å². The van der Waals surface area contributed by atoms with Crippen molar-refractivity contribution in [1.29, 1.82) is 0 Å². The molecule has 2 aromatic rings. The van der Waals surface area contributed by atoms with Gasteiger partial charge < -0.3 is 5.11 Å². The van der Waals surface area contributed by atoms with Crippen LogP contribution >= 0.6 is 0 Å². The average molecular weight is 269 g/mol. The molecule has 0 aliphatic rings. The number of aromatic amines is 1. The Hall–Kier alpha value is -1.84. The first-order valence-electron chi connectivity index (χ1n) is 5.03. The number of hydrogen-bond donors (Lipinski definition) is 3. The van der Waals surface area contributed by atoms with Gasteiger partial charge in [-0.15, -0.1) is 10.2 Å². The minimum absolute atomic E-state index is 0.0411. The average Bonchev–Trinajstić information content (AvgIpc) is 2.90. The Bertz CT molecular complexity index is 594. The Morgan fingerprint density at radius 3 is 2.56 bits per heavy atom. The molecule has 1 aromatic heterocycles. The molecule has 0 spiro atoms. The number of nitrogens with one attached hydrogen (secondary N) is 2. The number of aromatic nitrogens is 4. The molecule has 0 aliphatic carbocycles. The number of tetrazole rings is 1. The summed E-state index contributed by atoms with van der Waals surface area (Å²) in [6, 6.07) is 5.93. The summed E-state index contributed by atoms with van der Waals surface area (Å²) in [5.41, 5.74) is 0.645. The molecule has 1 heterocycles. The van der Waals surface area contributed by atoms with Crippen LogP contribution in [-0.2, 0) is 23.2 Å². The summed E-state index contributed by atoms with van der Waals surface area (Å²) in [5, 5.41) is 21.7. The van der Waals surface area contributed by atoms with E-state index in [4.69, 9.17) is 5.11 Å². The van der Waals surface area contributed by atoms with Gasteiger partial charge in [-0.2, -0.15) is 5.21 Å². The number of hydrogen-bond acceptors (Lipinski definition) is 6. The standard InChI is InChI=1S/C9H11N5O3S/c15-6-7-1-3-8(4-2-7)18(16,17)10-5-9-11-13-14-12-9/h1-4,10,15H,5-6H2,(H,11,12,13,14). The molecule has 0 atom stereocenters. The van der Waals surface area contributed by atoms with E-state index < -0.39 is 10.0 Å². The predicted molar refractivity (Wildman–Crippen MR) is 60.6 cm³/mol. The van der Waals surface area contributed by atoms with Crippen molar-refractivity contribution in [3.8, 4) is 0 Å². The van der Waals surface area contributed by atoms with Crippen molar-refractivity contribution in [3.63, 3.8) is 0 Å². The van der Waals surface area contributed by atoms with Crippen LogP contribution < -0.4 is 4.72 Å². The Morgan fingerprint density at radius 2 is 2.00 bits per heavy atom. The van der Waals surface area contributed by atoms with Gasteiger partial charge in [-0.25, -0.2) is 13.1 Å². The van der Waals surface area contributed by atoms with Crippen molar-refractivity contribution in [2.45, 2.75) is 18.0 Å². The van der Waals surface area contributed by atoms with Gasteiger partial charge in [-0.05, 0) is 17.7 Å². The Morgan fingerprint density at radius 1 is 1.28 bits per heavy atom. The molecular weight excluding hydrogens is 258 g/mol. The molecule has 96 valence electrons. The molecule has 2 rings (SSSR count).